The summed E-state index contributed by atoms with van der Waals surface area (Å²) >= 11 is 5.70. The largest absolute Gasteiger partial charge is 0.409 e. The Bertz CT molecular complexity index is 780. The summed E-state index contributed by atoms with van der Waals surface area (Å²) in [6.45, 7) is 3.62. The molecule has 11 heteroatoms. The molecule has 4 N–H and O–H groups in total. The van der Waals surface area contributed by atoms with Crippen molar-refractivity contribution >= 4 is 29.2 Å². The highest BCUT2D eigenvalue weighted by atomic mass is 35.5. The molecule has 0 aliphatic rings. The van der Waals surface area contributed by atoms with Crippen molar-refractivity contribution in [2.24, 2.45) is 5.16 Å². The van der Waals surface area contributed by atoms with Gasteiger partial charge >= 0.3 is 6.03 Å². The average molecular weight is 371 g/mol. The highest BCUT2D eigenvalue weighted by Crippen LogP contribution is 2.20. The first-order valence-electron chi connectivity index (χ1n) is 7.21. The van der Waals surface area contributed by atoms with Crippen molar-refractivity contribution in [1.82, 2.24) is 20.9 Å². The van der Waals surface area contributed by atoms with Crippen LogP contribution in [0.3, 0.4) is 0 Å². The summed E-state index contributed by atoms with van der Waals surface area (Å²) in [6, 6.07) is 3.43. The van der Waals surface area contributed by atoms with Gasteiger partial charge in [0, 0.05) is 11.7 Å². The summed E-state index contributed by atoms with van der Waals surface area (Å²) in [5.41, 5.74) is 0.666. The van der Waals surface area contributed by atoms with Crippen LogP contribution in [0.4, 0.5) is 14.9 Å². The van der Waals surface area contributed by atoms with Crippen molar-refractivity contribution in [3.8, 4) is 0 Å². The van der Waals surface area contributed by atoms with Gasteiger partial charge in [-0.25, -0.2) is 13.8 Å². The van der Waals surface area contributed by atoms with E-state index in [0.29, 0.717) is 5.69 Å². The number of hydrogen-bond acceptors (Lipinski definition) is 6. The quantitative estimate of drug-likeness (QED) is 0.277. The third-order valence-corrected chi connectivity index (χ3v) is 3.19. The number of hydrogen-bond donors (Lipinski definition) is 4. The Morgan fingerprint density at radius 3 is 2.84 bits per heavy atom. The van der Waals surface area contributed by atoms with Gasteiger partial charge in [0.2, 0.25) is 5.84 Å². The normalized spacial score (nSPS) is 11.5. The van der Waals surface area contributed by atoms with Gasteiger partial charge in [0.05, 0.1) is 11.6 Å². The van der Waals surface area contributed by atoms with Gasteiger partial charge in [-0.1, -0.05) is 21.9 Å². The minimum atomic E-state index is -0.584. The molecule has 0 bridgehead atoms. The number of carbonyl (C=O) groups is 1. The minimum Gasteiger partial charge on any atom is -0.409 e. The molecule has 134 valence electrons. The maximum Gasteiger partial charge on any atom is 0.315 e. The number of oxime groups is 1. The zero-order chi connectivity index (χ0) is 18.4. The number of nitrogens with zero attached hydrogens (tertiary/aromatic N) is 3. The molecular weight excluding hydrogens is 355 g/mol. The van der Waals surface area contributed by atoms with Crippen LogP contribution in [0.1, 0.15) is 25.2 Å². The average Bonchev–Trinajstić information content (AvgIpc) is 3.01. The molecule has 0 radical (unpaired) electrons. The standard InChI is InChI=1S/C14H16ClFN6O3/c1-7(2)18-14(23)17-6-11-12(22-25-21-11)13(20-24)19-8-3-4-10(16)9(15)5-8/h3-5,7,24H,6H2,1-2H3,(H,19,20)(H2,17,18,23). The molecule has 0 atom stereocenters. The summed E-state index contributed by atoms with van der Waals surface area (Å²) in [4.78, 5) is 11.6. The van der Waals surface area contributed by atoms with Gasteiger partial charge in [0.25, 0.3) is 0 Å². The Kier molecular flexibility index (Phi) is 6.12. The van der Waals surface area contributed by atoms with E-state index in [4.69, 9.17) is 11.6 Å². The zero-order valence-electron chi connectivity index (χ0n) is 13.4. The predicted octanol–water partition coefficient (Wildman–Crippen LogP) is 2.32. The van der Waals surface area contributed by atoms with E-state index >= 15 is 0 Å². The van der Waals surface area contributed by atoms with E-state index in [1.54, 1.807) is 0 Å². The van der Waals surface area contributed by atoms with E-state index in [2.05, 4.69) is 36.0 Å². The number of anilines is 1. The SMILES string of the molecule is CC(C)NC(=O)NCc1nonc1/C(=N\O)Nc1ccc(F)c(Cl)c1. The topological polar surface area (TPSA) is 125 Å². The second kappa shape index (κ2) is 8.29. The number of nitrogens with one attached hydrogen (secondary N) is 3. The molecular formula is C14H16ClFN6O3. The second-order valence-electron chi connectivity index (χ2n) is 5.24. The lowest BCUT2D eigenvalue weighted by molar-refractivity contribution is 0.237. The van der Waals surface area contributed by atoms with E-state index in [-0.39, 0.29) is 34.8 Å². The summed E-state index contributed by atoms with van der Waals surface area (Å²) < 4.78 is 17.8. The number of halogens is 2. The van der Waals surface area contributed by atoms with Crippen LogP contribution < -0.4 is 16.0 Å². The maximum atomic E-state index is 13.2. The van der Waals surface area contributed by atoms with E-state index in [1.165, 1.54) is 12.1 Å². The van der Waals surface area contributed by atoms with Crippen molar-refractivity contribution in [3.63, 3.8) is 0 Å². The molecule has 0 aliphatic carbocycles. The summed E-state index contributed by atoms with van der Waals surface area (Å²) in [5, 5.41) is 27.4. The number of benzene rings is 1. The fourth-order valence-electron chi connectivity index (χ4n) is 1.82. The van der Waals surface area contributed by atoms with Gasteiger partial charge < -0.3 is 21.2 Å². The number of amidine groups is 1. The lowest BCUT2D eigenvalue weighted by atomic mass is 10.2. The molecule has 2 aromatic rings. The molecule has 9 nitrogen and oxygen atoms in total. The number of carbonyl (C=O) groups excluding carboxylic acids is 1. The lowest BCUT2D eigenvalue weighted by Gasteiger charge is -2.10. The van der Waals surface area contributed by atoms with E-state index in [1.807, 2.05) is 13.8 Å². The van der Waals surface area contributed by atoms with E-state index in [9.17, 15) is 14.4 Å². The number of aromatic nitrogens is 2. The molecule has 0 aliphatic heterocycles. The van der Waals surface area contributed by atoms with Crippen molar-refractivity contribution in [2.75, 3.05) is 5.32 Å². The molecule has 2 rings (SSSR count). The molecule has 0 saturated carbocycles. The Balaban J connectivity index is 2.10. The predicted molar refractivity (Wildman–Crippen MR) is 88.2 cm³/mol. The highest BCUT2D eigenvalue weighted by Gasteiger charge is 2.18. The van der Waals surface area contributed by atoms with Gasteiger partial charge in [0.15, 0.2) is 5.69 Å². The molecule has 1 heterocycles. The lowest BCUT2D eigenvalue weighted by Crippen LogP contribution is -2.39. The van der Waals surface area contributed by atoms with Gasteiger partial charge in [-0.15, -0.1) is 0 Å². The van der Waals surface area contributed by atoms with Crippen LogP contribution in [0.25, 0.3) is 0 Å². The first-order valence-corrected chi connectivity index (χ1v) is 7.58. The number of rotatable bonds is 5. The highest BCUT2D eigenvalue weighted by molar-refractivity contribution is 6.31. The van der Waals surface area contributed by atoms with Gasteiger partial charge in [0.1, 0.15) is 11.5 Å². The second-order valence-corrected chi connectivity index (χ2v) is 5.65. The maximum absolute atomic E-state index is 13.2. The van der Waals surface area contributed by atoms with Crippen LogP contribution >= 0.6 is 11.6 Å². The molecule has 2 amide bonds. The van der Waals surface area contributed by atoms with Crippen LogP contribution in [-0.2, 0) is 6.54 Å². The van der Waals surface area contributed by atoms with Crippen LogP contribution in [-0.4, -0.2) is 33.4 Å². The molecule has 0 unspecified atom stereocenters. The summed E-state index contributed by atoms with van der Waals surface area (Å²) in [5.74, 6) is -0.691. The molecule has 0 fully saturated rings. The van der Waals surface area contributed by atoms with Crippen molar-refractivity contribution in [2.45, 2.75) is 26.4 Å². The van der Waals surface area contributed by atoms with Crippen LogP contribution in [0.5, 0.6) is 0 Å². The Labute approximate surface area is 147 Å². The van der Waals surface area contributed by atoms with Crippen LogP contribution in [0.15, 0.2) is 28.0 Å². The van der Waals surface area contributed by atoms with Gasteiger partial charge in [-0.2, -0.15) is 0 Å². The third kappa shape index (κ3) is 5.05. The first-order chi connectivity index (χ1) is 11.9. The minimum absolute atomic E-state index is 0.0116. The van der Waals surface area contributed by atoms with Crippen molar-refractivity contribution < 1.29 is 19.0 Å². The van der Waals surface area contributed by atoms with Crippen LogP contribution in [0, 0.1) is 5.82 Å². The first kappa shape index (κ1) is 18.5. The van der Waals surface area contributed by atoms with Crippen molar-refractivity contribution in [3.05, 3.63) is 40.4 Å². The van der Waals surface area contributed by atoms with E-state index in [0.717, 1.165) is 6.07 Å². The van der Waals surface area contributed by atoms with Crippen molar-refractivity contribution in [1.29, 1.82) is 0 Å². The fraction of sp³-hybridized carbons (Fsp3) is 0.286. The monoisotopic (exact) mass is 370 g/mol. The molecule has 1 aromatic heterocycles. The number of urea groups is 1. The smallest absolute Gasteiger partial charge is 0.315 e. The summed E-state index contributed by atoms with van der Waals surface area (Å²) in [7, 11) is 0. The fourth-order valence-corrected chi connectivity index (χ4v) is 2.00. The molecule has 0 saturated heterocycles. The molecule has 25 heavy (non-hydrogen) atoms. The molecule has 1 aromatic carbocycles. The van der Waals surface area contributed by atoms with Gasteiger partial charge in [-0.05, 0) is 37.2 Å². The van der Waals surface area contributed by atoms with E-state index < -0.39 is 11.8 Å². The zero-order valence-corrected chi connectivity index (χ0v) is 14.1. The van der Waals surface area contributed by atoms with Gasteiger partial charge in [-0.3, -0.25) is 0 Å². The Morgan fingerprint density at radius 1 is 1.44 bits per heavy atom. The molecule has 0 spiro atoms. The Hall–Kier alpha value is -2.88. The van der Waals surface area contributed by atoms with Crippen LogP contribution in [0.2, 0.25) is 5.02 Å². The summed E-state index contributed by atoms with van der Waals surface area (Å²) in [6.07, 6.45) is 0. The Morgan fingerprint density at radius 2 is 2.20 bits per heavy atom. The third-order valence-electron chi connectivity index (χ3n) is 2.90. The number of amides is 2.